The Bertz CT molecular complexity index is 471. The number of aromatic nitrogens is 3. The summed E-state index contributed by atoms with van der Waals surface area (Å²) >= 11 is 0. The third kappa shape index (κ3) is 3.17. The SMILES string of the molecule is CCC(C)(C)C1CCCCCc2nnn(C(C)(C)CC)c21. The van der Waals surface area contributed by atoms with Crippen LogP contribution in [0.15, 0.2) is 0 Å². The molecule has 0 radical (unpaired) electrons. The van der Waals surface area contributed by atoms with Crippen molar-refractivity contribution < 1.29 is 0 Å². The molecule has 1 unspecified atom stereocenters. The van der Waals surface area contributed by atoms with E-state index in [9.17, 15) is 0 Å². The molecule has 1 aliphatic carbocycles. The number of hydrogen-bond donors (Lipinski definition) is 0. The molecular formula is C18H33N3. The van der Waals surface area contributed by atoms with E-state index in [1.165, 1.54) is 43.5 Å². The highest BCUT2D eigenvalue weighted by Gasteiger charge is 2.37. The molecule has 0 spiro atoms. The Labute approximate surface area is 130 Å². The zero-order valence-corrected chi connectivity index (χ0v) is 14.9. The summed E-state index contributed by atoms with van der Waals surface area (Å²) in [6.45, 7) is 14.0. The lowest BCUT2D eigenvalue weighted by atomic mass is 9.71. The first-order valence-electron chi connectivity index (χ1n) is 8.78. The minimum absolute atomic E-state index is 0.0574. The van der Waals surface area contributed by atoms with Crippen molar-refractivity contribution in [3.05, 3.63) is 11.4 Å². The van der Waals surface area contributed by atoms with Gasteiger partial charge in [0, 0.05) is 5.92 Å². The lowest BCUT2D eigenvalue weighted by molar-refractivity contribution is 0.216. The van der Waals surface area contributed by atoms with Crippen LogP contribution in [0.5, 0.6) is 0 Å². The van der Waals surface area contributed by atoms with Crippen molar-refractivity contribution in [1.29, 1.82) is 0 Å². The van der Waals surface area contributed by atoms with Crippen molar-refractivity contribution in [3.8, 4) is 0 Å². The van der Waals surface area contributed by atoms with Gasteiger partial charge in [-0.15, -0.1) is 5.10 Å². The average molecular weight is 291 g/mol. The van der Waals surface area contributed by atoms with Crippen molar-refractivity contribution in [3.63, 3.8) is 0 Å². The highest BCUT2D eigenvalue weighted by atomic mass is 15.5. The number of aryl methyl sites for hydroxylation is 1. The van der Waals surface area contributed by atoms with Gasteiger partial charge in [-0.05, 0) is 44.9 Å². The zero-order chi connectivity index (χ0) is 15.7. The fourth-order valence-corrected chi connectivity index (χ4v) is 3.41. The maximum absolute atomic E-state index is 4.59. The van der Waals surface area contributed by atoms with Gasteiger partial charge in [0.25, 0.3) is 0 Å². The van der Waals surface area contributed by atoms with Crippen LogP contribution in [0.2, 0.25) is 0 Å². The molecule has 1 aliphatic rings. The standard InChI is InChI=1S/C18H33N3/c1-7-17(3,4)14-12-10-9-11-13-15-16(14)21(20-19-15)18(5,6)8-2/h14H,7-13H2,1-6H3. The summed E-state index contributed by atoms with van der Waals surface area (Å²) in [5, 5.41) is 9.17. The molecule has 2 rings (SSSR count). The second kappa shape index (κ2) is 6.10. The maximum Gasteiger partial charge on any atom is 0.0862 e. The van der Waals surface area contributed by atoms with E-state index in [-0.39, 0.29) is 5.54 Å². The fraction of sp³-hybridized carbons (Fsp3) is 0.889. The Hall–Kier alpha value is -0.860. The van der Waals surface area contributed by atoms with Gasteiger partial charge in [-0.25, -0.2) is 4.68 Å². The first-order chi connectivity index (χ1) is 9.83. The van der Waals surface area contributed by atoms with E-state index in [0.717, 1.165) is 12.8 Å². The van der Waals surface area contributed by atoms with Crippen molar-refractivity contribution in [2.75, 3.05) is 0 Å². The molecule has 0 fully saturated rings. The van der Waals surface area contributed by atoms with E-state index < -0.39 is 0 Å². The van der Waals surface area contributed by atoms with Gasteiger partial charge in [-0.1, -0.05) is 52.2 Å². The predicted molar refractivity (Wildman–Crippen MR) is 88.6 cm³/mol. The van der Waals surface area contributed by atoms with E-state index >= 15 is 0 Å². The fourth-order valence-electron chi connectivity index (χ4n) is 3.41. The minimum atomic E-state index is 0.0574. The highest BCUT2D eigenvalue weighted by Crippen LogP contribution is 2.45. The Balaban J connectivity index is 2.55. The van der Waals surface area contributed by atoms with E-state index in [1.54, 1.807) is 0 Å². The van der Waals surface area contributed by atoms with Crippen LogP contribution in [-0.4, -0.2) is 15.0 Å². The van der Waals surface area contributed by atoms with Crippen LogP contribution in [0, 0.1) is 5.41 Å². The molecule has 0 bridgehead atoms. The monoisotopic (exact) mass is 291 g/mol. The topological polar surface area (TPSA) is 30.7 Å². The summed E-state index contributed by atoms with van der Waals surface area (Å²) in [5.41, 5.74) is 3.08. The number of rotatable bonds is 4. The normalized spacial score (nSPS) is 20.8. The predicted octanol–water partition coefficient (Wildman–Crippen LogP) is 5.06. The van der Waals surface area contributed by atoms with Gasteiger partial charge in [-0.3, -0.25) is 0 Å². The molecule has 1 atom stereocenters. The molecule has 1 aromatic heterocycles. The molecular weight excluding hydrogens is 258 g/mol. The van der Waals surface area contributed by atoms with Gasteiger partial charge < -0.3 is 0 Å². The molecule has 1 heterocycles. The van der Waals surface area contributed by atoms with Crippen LogP contribution >= 0.6 is 0 Å². The summed E-state index contributed by atoms with van der Waals surface area (Å²) in [7, 11) is 0. The molecule has 0 saturated carbocycles. The molecule has 0 N–H and O–H groups in total. The van der Waals surface area contributed by atoms with Crippen LogP contribution < -0.4 is 0 Å². The molecule has 3 nitrogen and oxygen atoms in total. The summed E-state index contributed by atoms with van der Waals surface area (Å²) in [6.07, 6.45) is 8.60. The molecule has 21 heavy (non-hydrogen) atoms. The van der Waals surface area contributed by atoms with E-state index in [0.29, 0.717) is 11.3 Å². The third-order valence-electron chi connectivity index (χ3n) is 5.81. The van der Waals surface area contributed by atoms with Crippen LogP contribution in [-0.2, 0) is 12.0 Å². The second-order valence-electron chi connectivity index (χ2n) is 7.99. The summed E-state index contributed by atoms with van der Waals surface area (Å²) in [6, 6.07) is 0. The Morgan fingerprint density at radius 3 is 2.38 bits per heavy atom. The quantitative estimate of drug-likeness (QED) is 0.776. The van der Waals surface area contributed by atoms with Crippen molar-refractivity contribution in [2.45, 2.75) is 97.9 Å². The van der Waals surface area contributed by atoms with Crippen LogP contribution in [0.3, 0.4) is 0 Å². The molecule has 0 amide bonds. The Kier molecular flexibility index (Phi) is 4.79. The number of fused-ring (bicyclic) bond motifs is 1. The van der Waals surface area contributed by atoms with Gasteiger partial charge >= 0.3 is 0 Å². The lowest BCUT2D eigenvalue weighted by Crippen LogP contribution is -2.33. The van der Waals surface area contributed by atoms with Crippen LogP contribution in [0.1, 0.15) is 97.4 Å². The zero-order valence-electron chi connectivity index (χ0n) is 14.9. The summed E-state index contributed by atoms with van der Waals surface area (Å²) < 4.78 is 2.26. The smallest absolute Gasteiger partial charge is 0.0862 e. The first kappa shape index (κ1) is 16.5. The van der Waals surface area contributed by atoms with Gasteiger partial charge in [0.15, 0.2) is 0 Å². The van der Waals surface area contributed by atoms with Crippen molar-refractivity contribution in [1.82, 2.24) is 15.0 Å². The van der Waals surface area contributed by atoms with Crippen molar-refractivity contribution >= 4 is 0 Å². The van der Waals surface area contributed by atoms with Crippen LogP contribution in [0.4, 0.5) is 0 Å². The molecule has 1 aromatic rings. The van der Waals surface area contributed by atoms with Gasteiger partial charge in [-0.2, -0.15) is 0 Å². The summed E-state index contributed by atoms with van der Waals surface area (Å²) in [4.78, 5) is 0. The van der Waals surface area contributed by atoms with E-state index in [1.807, 2.05) is 0 Å². The number of nitrogens with zero attached hydrogens (tertiary/aromatic N) is 3. The third-order valence-corrected chi connectivity index (χ3v) is 5.81. The van der Waals surface area contributed by atoms with E-state index in [4.69, 9.17) is 0 Å². The van der Waals surface area contributed by atoms with Crippen molar-refractivity contribution in [2.24, 2.45) is 5.41 Å². The van der Waals surface area contributed by atoms with E-state index in [2.05, 4.69) is 56.5 Å². The molecule has 120 valence electrons. The molecule has 0 aliphatic heterocycles. The number of hydrogen-bond acceptors (Lipinski definition) is 2. The second-order valence-corrected chi connectivity index (χ2v) is 7.99. The average Bonchev–Trinajstić information content (AvgIpc) is 2.82. The van der Waals surface area contributed by atoms with Gasteiger partial charge in [0.05, 0.1) is 16.9 Å². The lowest BCUT2D eigenvalue weighted by Gasteiger charge is -2.37. The first-order valence-corrected chi connectivity index (χ1v) is 8.78. The van der Waals surface area contributed by atoms with Gasteiger partial charge in [0.2, 0.25) is 0 Å². The minimum Gasteiger partial charge on any atom is -0.243 e. The highest BCUT2D eigenvalue weighted by molar-refractivity contribution is 5.21. The molecule has 0 aromatic carbocycles. The van der Waals surface area contributed by atoms with Crippen LogP contribution in [0.25, 0.3) is 0 Å². The Morgan fingerprint density at radius 1 is 1.05 bits per heavy atom. The Morgan fingerprint density at radius 2 is 1.76 bits per heavy atom. The summed E-state index contributed by atoms with van der Waals surface area (Å²) in [5.74, 6) is 0.582. The maximum atomic E-state index is 4.59. The molecule has 0 saturated heterocycles. The van der Waals surface area contributed by atoms with Gasteiger partial charge in [0.1, 0.15) is 0 Å². The largest absolute Gasteiger partial charge is 0.243 e. The molecule has 3 heteroatoms.